The number of fused-ring (bicyclic) bond motifs is 1. The summed E-state index contributed by atoms with van der Waals surface area (Å²) in [6, 6.07) is 7.53. The van der Waals surface area contributed by atoms with Crippen LogP contribution in [0.2, 0.25) is 0 Å². The van der Waals surface area contributed by atoms with Crippen molar-refractivity contribution in [2.24, 2.45) is 0 Å². The Morgan fingerprint density at radius 3 is 2.50 bits per heavy atom. The van der Waals surface area contributed by atoms with E-state index in [2.05, 4.69) is 0 Å². The first-order chi connectivity index (χ1) is 8.49. The number of ether oxygens (including phenoxy) is 1. The molecule has 1 atom stereocenters. The molecule has 1 aliphatic rings. The number of benzene rings is 1. The average molecular weight is 249 g/mol. The molecule has 2 rings (SSSR count). The highest BCUT2D eigenvalue weighted by atomic mass is 16.5. The monoisotopic (exact) mass is 249 g/mol. The number of carboxylic acid groups (broad SMARTS) is 1. The van der Waals surface area contributed by atoms with Crippen molar-refractivity contribution in [2.75, 3.05) is 7.11 Å². The van der Waals surface area contributed by atoms with Gasteiger partial charge in [-0.3, -0.25) is 4.90 Å². The van der Waals surface area contributed by atoms with Crippen molar-refractivity contribution in [1.82, 2.24) is 4.90 Å². The van der Waals surface area contributed by atoms with Gasteiger partial charge in [-0.05, 0) is 18.1 Å². The molecule has 1 N–H and O–H groups in total. The van der Waals surface area contributed by atoms with E-state index in [0.29, 0.717) is 6.42 Å². The highest BCUT2D eigenvalue weighted by Gasteiger charge is 2.46. The maximum Gasteiger partial charge on any atom is 0.408 e. The third kappa shape index (κ3) is 1.81. The molecule has 0 spiro atoms. The molecular formula is C13H15NO4. The smallest absolute Gasteiger partial charge is 0.408 e. The van der Waals surface area contributed by atoms with Crippen LogP contribution in [-0.2, 0) is 22.5 Å². The Morgan fingerprint density at radius 1 is 1.33 bits per heavy atom. The van der Waals surface area contributed by atoms with Crippen molar-refractivity contribution >= 4 is 12.1 Å². The van der Waals surface area contributed by atoms with Crippen molar-refractivity contribution in [3.63, 3.8) is 0 Å². The van der Waals surface area contributed by atoms with Crippen LogP contribution in [0.25, 0.3) is 0 Å². The van der Waals surface area contributed by atoms with Gasteiger partial charge in [0, 0.05) is 6.42 Å². The van der Waals surface area contributed by atoms with Crippen molar-refractivity contribution in [2.45, 2.75) is 25.4 Å². The summed E-state index contributed by atoms with van der Waals surface area (Å²) in [5.74, 6) is -0.528. The lowest BCUT2D eigenvalue weighted by atomic mass is 9.84. The lowest BCUT2D eigenvalue weighted by Gasteiger charge is -2.41. The Hall–Kier alpha value is -2.04. The van der Waals surface area contributed by atoms with Crippen LogP contribution in [0.4, 0.5) is 4.79 Å². The normalized spacial score (nSPS) is 22.2. The molecule has 96 valence electrons. The third-order valence-electron chi connectivity index (χ3n) is 3.43. The van der Waals surface area contributed by atoms with Crippen LogP contribution in [-0.4, -0.2) is 34.7 Å². The SMILES string of the molecule is COC(=O)C1(C)Cc2ccccc2CN1C(=O)O. The van der Waals surface area contributed by atoms with Crippen molar-refractivity contribution < 1.29 is 19.4 Å². The lowest BCUT2D eigenvalue weighted by molar-refractivity contribution is -0.154. The minimum Gasteiger partial charge on any atom is -0.467 e. The third-order valence-corrected chi connectivity index (χ3v) is 3.43. The second-order valence-electron chi connectivity index (χ2n) is 4.58. The van der Waals surface area contributed by atoms with E-state index in [1.54, 1.807) is 6.92 Å². The summed E-state index contributed by atoms with van der Waals surface area (Å²) in [7, 11) is 1.27. The van der Waals surface area contributed by atoms with Gasteiger partial charge in [0.15, 0.2) is 0 Å². The second-order valence-corrected chi connectivity index (χ2v) is 4.58. The molecule has 5 heteroatoms. The number of hydrogen-bond acceptors (Lipinski definition) is 3. The van der Waals surface area contributed by atoms with Crippen LogP contribution in [0.15, 0.2) is 24.3 Å². The van der Waals surface area contributed by atoms with Crippen molar-refractivity contribution in [1.29, 1.82) is 0 Å². The first-order valence-electron chi connectivity index (χ1n) is 5.65. The van der Waals surface area contributed by atoms with Gasteiger partial charge in [0.1, 0.15) is 5.54 Å². The molecule has 1 amide bonds. The number of amides is 1. The molecule has 1 aliphatic heterocycles. The molecule has 1 unspecified atom stereocenters. The van der Waals surface area contributed by atoms with E-state index >= 15 is 0 Å². The summed E-state index contributed by atoms with van der Waals surface area (Å²) in [5.41, 5.74) is 0.763. The molecule has 0 fully saturated rings. The molecule has 1 aromatic carbocycles. The predicted octanol–water partition coefficient (Wildman–Crippen LogP) is 1.65. The van der Waals surface area contributed by atoms with Crippen LogP contribution in [0, 0.1) is 0 Å². The fraction of sp³-hybridized carbons (Fsp3) is 0.385. The van der Waals surface area contributed by atoms with Crippen molar-refractivity contribution in [3.8, 4) is 0 Å². The maximum atomic E-state index is 11.9. The lowest BCUT2D eigenvalue weighted by Crippen LogP contribution is -2.58. The van der Waals surface area contributed by atoms with Gasteiger partial charge >= 0.3 is 12.1 Å². The number of hydrogen-bond donors (Lipinski definition) is 1. The average Bonchev–Trinajstić information content (AvgIpc) is 2.36. The van der Waals surface area contributed by atoms with Gasteiger partial charge in [0.05, 0.1) is 13.7 Å². The van der Waals surface area contributed by atoms with E-state index in [1.807, 2.05) is 24.3 Å². The van der Waals surface area contributed by atoms with Gasteiger partial charge in [-0.2, -0.15) is 0 Å². The Kier molecular flexibility index (Phi) is 2.98. The molecule has 0 bridgehead atoms. The van der Waals surface area contributed by atoms with Gasteiger partial charge in [0.25, 0.3) is 0 Å². The van der Waals surface area contributed by atoms with E-state index in [9.17, 15) is 14.7 Å². The van der Waals surface area contributed by atoms with Gasteiger partial charge < -0.3 is 9.84 Å². The minimum absolute atomic E-state index is 0.205. The fourth-order valence-corrected chi connectivity index (χ4v) is 2.38. The fourth-order valence-electron chi connectivity index (χ4n) is 2.38. The number of carbonyl (C=O) groups excluding carboxylic acids is 1. The molecule has 18 heavy (non-hydrogen) atoms. The number of carbonyl (C=O) groups is 2. The van der Waals surface area contributed by atoms with E-state index in [4.69, 9.17) is 4.74 Å². The zero-order valence-electron chi connectivity index (χ0n) is 10.3. The largest absolute Gasteiger partial charge is 0.467 e. The van der Waals surface area contributed by atoms with Gasteiger partial charge in [-0.25, -0.2) is 9.59 Å². The van der Waals surface area contributed by atoms with Crippen LogP contribution < -0.4 is 0 Å². The summed E-state index contributed by atoms with van der Waals surface area (Å²) in [6.07, 6.45) is -0.778. The Bertz CT molecular complexity index is 500. The Labute approximate surface area is 105 Å². The number of rotatable bonds is 1. The molecular weight excluding hydrogens is 234 g/mol. The van der Waals surface area contributed by atoms with E-state index in [0.717, 1.165) is 16.0 Å². The molecule has 1 aromatic rings. The van der Waals surface area contributed by atoms with Crippen LogP contribution in [0.5, 0.6) is 0 Å². The molecule has 0 saturated heterocycles. The predicted molar refractivity (Wildman–Crippen MR) is 64.1 cm³/mol. The van der Waals surface area contributed by atoms with Gasteiger partial charge in [-0.15, -0.1) is 0 Å². The number of nitrogens with zero attached hydrogens (tertiary/aromatic N) is 1. The first kappa shape index (κ1) is 12.4. The minimum atomic E-state index is -1.16. The highest BCUT2D eigenvalue weighted by Crippen LogP contribution is 2.31. The van der Waals surface area contributed by atoms with Crippen LogP contribution >= 0.6 is 0 Å². The summed E-state index contributed by atoms with van der Waals surface area (Å²) in [6.45, 7) is 1.81. The zero-order chi connectivity index (χ0) is 13.3. The summed E-state index contributed by atoms with van der Waals surface area (Å²) >= 11 is 0. The highest BCUT2D eigenvalue weighted by molar-refractivity contribution is 5.86. The molecule has 0 radical (unpaired) electrons. The number of methoxy groups -OCH3 is 1. The summed E-state index contributed by atoms with van der Waals surface area (Å²) < 4.78 is 4.74. The van der Waals surface area contributed by atoms with E-state index < -0.39 is 17.6 Å². The quantitative estimate of drug-likeness (QED) is 0.768. The van der Waals surface area contributed by atoms with Crippen LogP contribution in [0.1, 0.15) is 18.1 Å². The number of esters is 1. The Morgan fingerprint density at radius 2 is 1.94 bits per heavy atom. The van der Waals surface area contributed by atoms with E-state index in [-0.39, 0.29) is 6.54 Å². The van der Waals surface area contributed by atoms with Crippen molar-refractivity contribution in [3.05, 3.63) is 35.4 Å². The topological polar surface area (TPSA) is 66.8 Å². The molecule has 1 heterocycles. The maximum absolute atomic E-state index is 11.9. The van der Waals surface area contributed by atoms with Gasteiger partial charge in [0.2, 0.25) is 0 Å². The van der Waals surface area contributed by atoms with Gasteiger partial charge in [-0.1, -0.05) is 24.3 Å². The second kappa shape index (κ2) is 4.33. The Balaban J connectivity index is 2.47. The van der Waals surface area contributed by atoms with E-state index in [1.165, 1.54) is 7.11 Å². The van der Waals surface area contributed by atoms with Crippen LogP contribution in [0.3, 0.4) is 0 Å². The summed E-state index contributed by atoms with van der Waals surface area (Å²) in [5, 5.41) is 9.26. The summed E-state index contributed by atoms with van der Waals surface area (Å²) in [4.78, 5) is 24.3. The standard InChI is InChI=1S/C13H15NO4/c1-13(11(15)18-2)7-9-5-3-4-6-10(9)8-14(13)12(16)17/h3-6H,7-8H2,1-2H3,(H,16,17). The molecule has 0 aliphatic carbocycles. The molecule has 5 nitrogen and oxygen atoms in total. The molecule has 0 saturated carbocycles. The molecule has 0 aromatic heterocycles. The first-order valence-corrected chi connectivity index (χ1v) is 5.65. The zero-order valence-corrected chi connectivity index (χ0v) is 10.3.